The van der Waals surface area contributed by atoms with E-state index < -0.39 is 0 Å². The van der Waals surface area contributed by atoms with Crippen molar-refractivity contribution in [3.8, 4) is 0 Å². The van der Waals surface area contributed by atoms with E-state index >= 15 is 0 Å². The third-order valence-corrected chi connectivity index (χ3v) is 4.54. The van der Waals surface area contributed by atoms with Gasteiger partial charge in [-0.2, -0.15) is 0 Å². The molecule has 1 saturated carbocycles. The van der Waals surface area contributed by atoms with Gasteiger partial charge in [-0.1, -0.05) is 19.8 Å². The Hall–Kier alpha value is -0.120. The van der Waals surface area contributed by atoms with Crippen LogP contribution in [0.3, 0.4) is 0 Å². The predicted octanol–water partition coefficient (Wildman–Crippen LogP) is 1.53. The Balaban J connectivity index is 1.84. The quantitative estimate of drug-likeness (QED) is 0.763. The zero-order valence-electron chi connectivity index (χ0n) is 11.6. The van der Waals surface area contributed by atoms with Crippen LogP contribution in [-0.4, -0.2) is 54.6 Å². The number of nitrogens with zero attached hydrogens (tertiary/aromatic N) is 2. The van der Waals surface area contributed by atoms with Crippen molar-refractivity contribution in [2.75, 3.05) is 39.3 Å². The second kappa shape index (κ2) is 5.68. The van der Waals surface area contributed by atoms with Crippen molar-refractivity contribution in [3.63, 3.8) is 0 Å². The molecule has 0 bridgehead atoms. The molecule has 3 heteroatoms. The molecule has 2 rings (SSSR count). The molecule has 2 fully saturated rings. The lowest BCUT2D eigenvalue weighted by molar-refractivity contribution is 0.0383. The van der Waals surface area contributed by atoms with E-state index in [1.807, 2.05) is 0 Å². The topological polar surface area (TPSA) is 32.5 Å². The summed E-state index contributed by atoms with van der Waals surface area (Å²) < 4.78 is 0. The van der Waals surface area contributed by atoms with Crippen molar-refractivity contribution in [3.05, 3.63) is 0 Å². The van der Waals surface area contributed by atoms with E-state index in [4.69, 9.17) is 5.73 Å². The molecule has 3 nitrogen and oxygen atoms in total. The van der Waals surface area contributed by atoms with E-state index in [0.717, 1.165) is 12.5 Å². The average Bonchev–Trinajstić information content (AvgIpc) is 3.14. The maximum atomic E-state index is 6.05. The van der Waals surface area contributed by atoms with Gasteiger partial charge in [-0.05, 0) is 32.2 Å². The van der Waals surface area contributed by atoms with E-state index in [0.29, 0.717) is 0 Å². The van der Waals surface area contributed by atoms with Gasteiger partial charge >= 0.3 is 0 Å². The van der Waals surface area contributed by atoms with Gasteiger partial charge in [0.1, 0.15) is 0 Å². The molecule has 1 atom stereocenters. The van der Waals surface area contributed by atoms with Crippen molar-refractivity contribution < 1.29 is 0 Å². The normalized spacial score (nSPS) is 27.0. The standard InChI is InChI=1S/C14H29N3/c1-3-6-16-7-9-17(10-8-16)14(2,12-15)11-13-4-5-13/h13H,3-12,15H2,1-2H3. The first-order chi connectivity index (χ1) is 8.18. The molecule has 0 amide bonds. The fourth-order valence-corrected chi connectivity index (χ4v) is 3.11. The highest BCUT2D eigenvalue weighted by atomic mass is 15.3. The summed E-state index contributed by atoms with van der Waals surface area (Å²) in [6.45, 7) is 11.6. The molecule has 1 heterocycles. The molecule has 0 aromatic heterocycles. The highest BCUT2D eigenvalue weighted by Crippen LogP contribution is 2.38. The summed E-state index contributed by atoms with van der Waals surface area (Å²) in [5, 5.41) is 0. The molecular formula is C14H29N3. The minimum atomic E-state index is 0.263. The molecule has 100 valence electrons. The predicted molar refractivity (Wildman–Crippen MR) is 73.1 cm³/mol. The Kier molecular flexibility index (Phi) is 4.45. The number of nitrogens with two attached hydrogens (primary N) is 1. The van der Waals surface area contributed by atoms with Crippen LogP contribution < -0.4 is 5.73 Å². The van der Waals surface area contributed by atoms with Crippen LogP contribution in [0.4, 0.5) is 0 Å². The number of hydrogen-bond donors (Lipinski definition) is 1. The van der Waals surface area contributed by atoms with Crippen LogP contribution in [0.2, 0.25) is 0 Å². The third-order valence-electron chi connectivity index (χ3n) is 4.54. The van der Waals surface area contributed by atoms with Gasteiger partial charge in [0, 0.05) is 38.3 Å². The Morgan fingerprint density at radius 2 is 1.82 bits per heavy atom. The van der Waals surface area contributed by atoms with Gasteiger partial charge < -0.3 is 10.6 Å². The largest absolute Gasteiger partial charge is 0.329 e. The van der Waals surface area contributed by atoms with E-state index in [9.17, 15) is 0 Å². The van der Waals surface area contributed by atoms with Crippen molar-refractivity contribution in [1.29, 1.82) is 0 Å². The first kappa shape index (κ1) is 13.3. The SMILES string of the molecule is CCCN1CCN(C(C)(CN)CC2CC2)CC1. The zero-order chi connectivity index (χ0) is 12.3. The average molecular weight is 239 g/mol. The second-order valence-corrected chi connectivity index (χ2v) is 6.18. The van der Waals surface area contributed by atoms with Crippen LogP contribution in [0.15, 0.2) is 0 Å². The highest BCUT2D eigenvalue weighted by molar-refractivity contribution is 4.94. The smallest absolute Gasteiger partial charge is 0.0307 e. The van der Waals surface area contributed by atoms with Gasteiger partial charge in [-0.3, -0.25) is 4.90 Å². The highest BCUT2D eigenvalue weighted by Gasteiger charge is 2.37. The number of hydrogen-bond acceptors (Lipinski definition) is 3. The van der Waals surface area contributed by atoms with Crippen molar-refractivity contribution in [1.82, 2.24) is 9.80 Å². The third kappa shape index (κ3) is 3.43. The Morgan fingerprint density at radius 1 is 1.18 bits per heavy atom. The fraction of sp³-hybridized carbons (Fsp3) is 1.00. The van der Waals surface area contributed by atoms with Crippen LogP contribution in [0, 0.1) is 5.92 Å². The molecular weight excluding hydrogens is 210 g/mol. The van der Waals surface area contributed by atoms with Crippen molar-refractivity contribution in [2.45, 2.75) is 45.1 Å². The molecule has 2 N–H and O–H groups in total. The van der Waals surface area contributed by atoms with Crippen LogP contribution >= 0.6 is 0 Å². The Labute approximate surface area is 106 Å². The van der Waals surface area contributed by atoms with E-state index in [1.165, 1.54) is 58.4 Å². The van der Waals surface area contributed by atoms with Crippen molar-refractivity contribution >= 4 is 0 Å². The monoisotopic (exact) mass is 239 g/mol. The summed E-state index contributed by atoms with van der Waals surface area (Å²) in [6, 6.07) is 0. The molecule has 0 aromatic carbocycles. The molecule has 0 spiro atoms. The molecule has 17 heavy (non-hydrogen) atoms. The lowest BCUT2D eigenvalue weighted by Crippen LogP contribution is -2.59. The van der Waals surface area contributed by atoms with Gasteiger partial charge in [0.05, 0.1) is 0 Å². The number of rotatable bonds is 6. The van der Waals surface area contributed by atoms with Gasteiger partial charge in [-0.25, -0.2) is 0 Å². The first-order valence-corrected chi connectivity index (χ1v) is 7.35. The van der Waals surface area contributed by atoms with Crippen LogP contribution in [0.5, 0.6) is 0 Å². The molecule has 1 aliphatic heterocycles. The molecule has 2 aliphatic rings. The Bertz CT molecular complexity index is 232. The lowest BCUT2D eigenvalue weighted by Gasteiger charge is -2.45. The molecule has 0 radical (unpaired) electrons. The fourth-order valence-electron chi connectivity index (χ4n) is 3.11. The summed E-state index contributed by atoms with van der Waals surface area (Å²) in [5.41, 5.74) is 6.32. The molecule has 0 aromatic rings. The summed E-state index contributed by atoms with van der Waals surface area (Å²) >= 11 is 0. The lowest BCUT2D eigenvalue weighted by atomic mass is 9.92. The zero-order valence-corrected chi connectivity index (χ0v) is 11.6. The van der Waals surface area contributed by atoms with Gasteiger partial charge in [0.25, 0.3) is 0 Å². The molecule has 1 aliphatic carbocycles. The van der Waals surface area contributed by atoms with Gasteiger partial charge in [0.2, 0.25) is 0 Å². The van der Waals surface area contributed by atoms with Gasteiger partial charge in [-0.15, -0.1) is 0 Å². The maximum Gasteiger partial charge on any atom is 0.0307 e. The summed E-state index contributed by atoms with van der Waals surface area (Å²) in [7, 11) is 0. The van der Waals surface area contributed by atoms with Crippen LogP contribution in [-0.2, 0) is 0 Å². The van der Waals surface area contributed by atoms with Crippen LogP contribution in [0.25, 0.3) is 0 Å². The van der Waals surface area contributed by atoms with Gasteiger partial charge in [0.15, 0.2) is 0 Å². The molecule has 1 saturated heterocycles. The summed E-state index contributed by atoms with van der Waals surface area (Å²) in [5.74, 6) is 0.970. The second-order valence-electron chi connectivity index (χ2n) is 6.18. The minimum absolute atomic E-state index is 0.263. The number of piperazine rings is 1. The van der Waals surface area contributed by atoms with Crippen molar-refractivity contribution in [2.24, 2.45) is 11.7 Å². The Morgan fingerprint density at radius 3 is 2.29 bits per heavy atom. The van der Waals surface area contributed by atoms with Crippen LogP contribution in [0.1, 0.15) is 39.5 Å². The minimum Gasteiger partial charge on any atom is -0.329 e. The maximum absolute atomic E-state index is 6.05. The van der Waals surface area contributed by atoms with E-state index in [1.54, 1.807) is 0 Å². The summed E-state index contributed by atoms with van der Waals surface area (Å²) in [6.07, 6.45) is 5.46. The summed E-state index contributed by atoms with van der Waals surface area (Å²) in [4.78, 5) is 5.24. The van der Waals surface area contributed by atoms with E-state index in [2.05, 4.69) is 23.6 Å². The molecule has 1 unspecified atom stereocenters. The first-order valence-electron chi connectivity index (χ1n) is 7.35. The van der Waals surface area contributed by atoms with E-state index in [-0.39, 0.29) is 5.54 Å².